The topological polar surface area (TPSA) is 81.8 Å². The molecular formula is C16H17NO4. The number of amides is 1. The maximum atomic E-state index is 12.0. The van der Waals surface area contributed by atoms with Gasteiger partial charge in [0.2, 0.25) is 0 Å². The monoisotopic (exact) mass is 287 g/mol. The predicted molar refractivity (Wildman–Crippen MR) is 78.2 cm³/mol. The lowest BCUT2D eigenvalue weighted by molar-refractivity contribution is -0.133. The maximum absolute atomic E-state index is 12.0. The number of primary amides is 1. The second kappa shape index (κ2) is 5.85. The molecule has 1 atom stereocenters. The van der Waals surface area contributed by atoms with Crippen LogP contribution in [-0.4, -0.2) is 25.2 Å². The van der Waals surface area contributed by atoms with Gasteiger partial charge in [-0.25, -0.2) is 0 Å². The van der Waals surface area contributed by atoms with E-state index >= 15 is 0 Å². The summed E-state index contributed by atoms with van der Waals surface area (Å²) in [4.78, 5) is 12.0. The normalized spacial score (nSPS) is 13.3. The van der Waals surface area contributed by atoms with Gasteiger partial charge in [-0.1, -0.05) is 42.5 Å². The first-order valence-corrected chi connectivity index (χ1v) is 6.35. The van der Waals surface area contributed by atoms with Gasteiger partial charge in [-0.15, -0.1) is 0 Å². The first-order chi connectivity index (χ1) is 10.1. The van der Waals surface area contributed by atoms with E-state index in [9.17, 15) is 9.90 Å². The van der Waals surface area contributed by atoms with Gasteiger partial charge < -0.3 is 20.3 Å². The predicted octanol–water partition coefficient (Wildman–Crippen LogP) is 1.43. The van der Waals surface area contributed by atoms with E-state index in [4.69, 9.17) is 15.2 Å². The number of nitrogens with two attached hydrogens (primary N) is 1. The Hall–Kier alpha value is -2.53. The van der Waals surface area contributed by atoms with E-state index in [1.54, 1.807) is 48.5 Å². The average molecular weight is 287 g/mol. The van der Waals surface area contributed by atoms with Crippen molar-refractivity contribution in [3.8, 4) is 11.5 Å². The van der Waals surface area contributed by atoms with E-state index in [1.807, 2.05) is 0 Å². The molecule has 2 aromatic carbocycles. The van der Waals surface area contributed by atoms with Gasteiger partial charge in [0.05, 0.1) is 14.2 Å². The molecule has 0 radical (unpaired) electrons. The van der Waals surface area contributed by atoms with Crippen LogP contribution in [-0.2, 0) is 10.4 Å². The number of benzene rings is 2. The van der Waals surface area contributed by atoms with Crippen molar-refractivity contribution in [1.82, 2.24) is 0 Å². The number of ether oxygens (including phenoxy) is 2. The minimum atomic E-state index is -2.00. The van der Waals surface area contributed by atoms with Gasteiger partial charge in [0, 0.05) is 5.56 Å². The van der Waals surface area contributed by atoms with Crippen LogP contribution in [0, 0.1) is 0 Å². The van der Waals surface area contributed by atoms with Crippen molar-refractivity contribution in [3.05, 3.63) is 59.7 Å². The first-order valence-electron chi connectivity index (χ1n) is 6.35. The molecule has 5 nitrogen and oxygen atoms in total. The molecule has 5 heteroatoms. The molecule has 0 aliphatic heterocycles. The Bertz CT molecular complexity index is 642. The lowest BCUT2D eigenvalue weighted by atomic mass is 9.85. The van der Waals surface area contributed by atoms with Crippen LogP contribution in [0.4, 0.5) is 0 Å². The van der Waals surface area contributed by atoms with Crippen molar-refractivity contribution in [1.29, 1.82) is 0 Å². The van der Waals surface area contributed by atoms with E-state index in [1.165, 1.54) is 14.2 Å². The van der Waals surface area contributed by atoms with Crippen molar-refractivity contribution in [2.75, 3.05) is 14.2 Å². The van der Waals surface area contributed by atoms with Crippen molar-refractivity contribution >= 4 is 5.91 Å². The fourth-order valence-corrected chi connectivity index (χ4v) is 2.28. The highest BCUT2D eigenvalue weighted by atomic mass is 16.5. The summed E-state index contributed by atoms with van der Waals surface area (Å²) in [6.45, 7) is 0. The number of hydrogen-bond donors (Lipinski definition) is 2. The molecule has 2 rings (SSSR count). The van der Waals surface area contributed by atoms with Crippen LogP contribution in [0.25, 0.3) is 0 Å². The first kappa shape index (κ1) is 14.9. The molecule has 1 unspecified atom stereocenters. The highest BCUT2D eigenvalue weighted by Gasteiger charge is 2.41. The molecule has 0 spiro atoms. The minimum absolute atomic E-state index is 0.239. The lowest BCUT2D eigenvalue weighted by Crippen LogP contribution is -2.42. The molecule has 0 heterocycles. The number of carbonyl (C=O) groups is 1. The van der Waals surface area contributed by atoms with E-state index < -0.39 is 11.5 Å². The fraction of sp³-hybridized carbons (Fsp3) is 0.188. The number of rotatable bonds is 5. The molecule has 0 fully saturated rings. The Kier molecular flexibility index (Phi) is 4.14. The van der Waals surface area contributed by atoms with Gasteiger partial charge in [0.1, 0.15) is 0 Å². The molecule has 110 valence electrons. The Morgan fingerprint density at radius 3 is 2.24 bits per heavy atom. The number of para-hydroxylation sites is 1. The summed E-state index contributed by atoms with van der Waals surface area (Å²) in [6, 6.07) is 13.4. The quantitative estimate of drug-likeness (QED) is 0.871. The van der Waals surface area contributed by atoms with E-state index in [0.717, 1.165) is 0 Å². The zero-order valence-electron chi connectivity index (χ0n) is 11.9. The van der Waals surface area contributed by atoms with E-state index in [0.29, 0.717) is 11.3 Å². The van der Waals surface area contributed by atoms with Crippen molar-refractivity contribution in [2.24, 2.45) is 5.73 Å². The maximum Gasteiger partial charge on any atom is 0.258 e. The summed E-state index contributed by atoms with van der Waals surface area (Å²) in [5.41, 5.74) is 4.07. The summed E-state index contributed by atoms with van der Waals surface area (Å²) >= 11 is 0. The molecular weight excluding hydrogens is 270 g/mol. The molecule has 0 saturated carbocycles. The van der Waals surface area contributed by atoms with E-state index in [2.05, 4.69) is 0 Å². The van der Waals surface area contributed by atoms with Crippen LogP contribution in [0.5, 0.6) is 11.5 Å². The van der Waals surface area contributed by atoms with Crippen LogP contribution < -0.4 is 15.2 Å². The summed E-state index contributed by atoms with van der Waals surface area (Å²) in [7, 11) is 2.92. The molecule has 0 saturated heterocycles. The second-order valence-electron chi connectivity index (χ2n) is 4.48. The highest BCUT2D eigenvalue weighted by molar-refractivity contribution is 5.89. The summed E-state index contributed by atoms with van der Waals surface area (Å²) in [5.74, 6) is -0.212. The average Bonchev–Trinajstić information content (AvgIpc) is 2.53. The highest BCUT2D eigenvalue weighted by Crippen LogP contribution is 2.40. The Morgan fingerprint density at radius 2 is 1.71 bits per heavy atom. The summed E-state index contributed by atoms with van der Waals surface area (Å²) in [5, 5.41) is 11.0. The standard InChI is InChI=1S/C16H17NO4/c1-20-13-10-6-9-12(14(13)21-2)16(19,15(17)18)11-7-4-3-5-8-11/h3-10,19H,1-2H3,(H2,17,18). The zero-order chi connectivity index (χ0) is 15.5. The molecule has 1 amide bonds. The van der Waals surface area contributed by atoms with Crippen LogP contribution >= 0.6 is 0 Å². The molecule has 3 N–H and O–H groups in total. The van der Waals surface area contributed by atoms with Gasteiger partial charge in [-0.2, -0.15) is 0 Å². The molecule has 2 aromatic rings. The third-order valence-corrected chi connectivity index (χ3v) is 3.34. The molecule has 0 aromatic heterocycles. The number of methoxy groups -OCH3 is 2. The third kappa shape index (κ3) is 2.43. The van der Waals surface area contributed by atoms with Crippen molar-refractivity contribution in [2.45, 2.75) is 5.60 Å². The molecule has 21 heavy (non-hydrogen) atoms. The lowest BCUT2D eigenvalue weighted by Gasteiger charge is -2.27. The summed E-state index contributed by atoms with van der Waals surface area (Å²) in [6.07, 6.45) is 0. The van der Waals surface area contributed by atoms with Crippen molar-refractivity contribution < 1.29 is 19.4 Å². The van der Waals surface area contributed by atoms with Crippen LogP contribution in [0.15, 0.2) is 48.5 Å². The summed E-state index contributed by atoms with van der Waals surface area (Å²) < 4.78 is 10.5. The number of hydrogen-bond acceptors (Lipinski definition) is 4. The number of carbonyl (C=O) groups excluding carboxylic acids is 1. The van der Waals surface area contributed by atoms with Crippen molar-refractivity contribution in [3.63, 3.8) is 0 Å². The SMILES string of the molecule is COc1cccc(C(O)(C(N)=O)c2ccccc2)c1OC. The van der Waals surface area contributed by atoms with Gasteiger partial charge >= 0.3 is 0 Å². The van der Waals surface area contributed by atoms with Gasteiger partial charge in [-0.3, -0.25) is 4.79 Å². The Balaban J connectivity index is 2.73. The largest absolute Gasteiger partial charge is 0.493 e. The van der Waals surface area contributed by atoms with Crippen LogP contribution in [0.3, 0.4) is 0 Å². The van der Waals surface area contributed by atoms with E-state index in [-0.39, 0.29) is 11.3 Å². The smallest absolute Gasteiger partial charge is 0.258 e. The minimum Gasteiger partial charge on any atom is -0.493 e. The number of aliphatic hydroxyl groups is 1. The van der Waals surface area contributed by atoms with Gasteiger partial charge in [-0.05, 0) is 11.6 Å². The molecule has 0 aliphatic carbocycles. The second-order valence-corrected chi connectivity index (χ2v) is 4.48. The van der Waals surface area contributed by atoms with Crippen LogP contribution in [0.2, 0.25) is 0 Å². The fourth-order valence-electron chi connectivity index (χ4n) is 2.28. The van der Waals surface area contributed by atoms with Gasteiger partial charge in [0.15, 0.2) is 17.1 Å². The zero-order valence-corrected chi connectivity index (χ0v) is 11.9. The Morgan fingerprint density at radius 1 is 1.05 bits per heavy atom. The van der Waals surface area contributed by atoms with Crippen LogP contribution in [0.1, 0.15) is 11.1 Å². The third-order valence-electron chi connectivity index (χ3n) is 3.34. The molecule has 0 bridgehead atoms. The molecule has 0 aliphatic rings. The van der Waals surface area contributed by atoms with Gasteiger partial charge in [0.25, 0.3) is 5.91 Å². The Labute approximate surface area is 122 Å².